The molecule has 21 heavy (non-hydrogen) atoms. The van der Waals surface area contributed by atoms with Crippen molar-refractivity contribution >= 4 is 33.3 Å². The zero-order valence-corrected chi connectivity index (χ0v) is 12.1. The molecule has 6 nitrogen and oxygen atoms in total. The van der Waals surface area contributed by atoms with Crippen LogP contribution in [-0.2, 0) is 11.3 Å². The monoisotopic (exact) mass is 303 g/mol. The average Bonchev–Trinajstić information content (AvgIpc) is 3.14. The van der Waals surface area contributed by atoms with E-state index in [1.807, 2.05) is 12.1 Å². The fraction of sp³-hybridized carbons (Fsp3) is 0.214. The Bertz CT molecular complexity index is 752. The third-order valence-electron chi connectivity index (χ3n) is 2.88. The molecule has 0 saturated carbocycles. The lowest BCUT2D eigenvalue weighted by molar-refractivity contribution is 0.0529. The number of rotatable bonds is 5. The van der Waals surface area contributed by atoms with Crippen molar-refractivity contribution in [2.75, 3.05) is 11.9 Å². The highest BCUT2D eigenvalue weighted by molar-refractivity contribution is 7.17. The number of aromatic nitrogens is 2. The lowest BCUT2D eigenvalue weighted by Gasteiger charge is -2.06. The minimum Gasteiger partial charge on any atom is -0.467 e. The number of hydrogen-bond acceptors (Lipinski definition) is 7. The molecule has 3 aromatic heterocycles. The Kier molecular flexibility index (Phi) is 3.83. The molecule has 108 valence electrons. The Hall–Kier alpha value is -2.41. The van der Waals surface area contributed by atoms with Crippen LogP contribution in [0.15, 0.2) is 34.5 Å². The standard InChI is InChI=1S/C14H13N3O3S/c1-2-19-14(18)10-7-21-13-11(10)12(16-8-17-13)15-6-9-4-3-5-20-9/h3-5,7-8H,2,6H2,1H3,(H,15,16,17). The molecule has 0 aromatic carbocycles. The van der Waals surface area contributed by atoms with Gasteiger partial charge in [-0.2, -0.15) is 0 Å². The van der Waals surface area contributed by atoms with Gasteiger partial charge in [-0.15, -0.1) is 11.3 Å². The molecule has 0 fully saturated rings. The Morgan fingerprint density at radius 2 is 2.38 bits per heavy atom. The Balaban J connectivity index is 1.93. The van der Waals surface area contributed by atoms with Crippen molar-refractivity contribution in [3.8, 4) is 0 Å². The van der Waals surface area contributed by atoms with Gasteiger partial charge in [-0.1, -0.05) is 0 Å². The van der Waals surface area contributed by atoms with E-state index in [1.165, 1.54) is 17.7 Å². The van der Waals surface area contributed by atoms with Crippen molar-refractivity contribution in [3.63, 3.8) is 0 Å². The maximum atomic E-state index is 12.0. The van der Waals surface area contributed by atoms with E-state index in [4.69, 9.17) is 9.15 Å². The summed E-state index contributed by atoms with van der Waals surface area (Å²) in [6.07, 6.45) is 3.08. The number of esters is 1. The van der Waals surface area contributed by atoms with Crippen molar-refractivity contribution in [2.24, 2.45) is 0 Å². The molecule has 0 aliphatic rings. The van der Waals surface area contributed by atoms with Crippen LogP contribution in [0, 0.1) is 0 Å². The van der Waals surface area contributed by atoms with E-state index in [1.54, 1.807) is 18.6 Å². The van der Waals surface area contributed by atoms with Crippen molar-refractivity contribution in [2.45, 2.75) is 13.5 Å². The number of carbonyl (C=O) groups is 1. The van der Waals surface area contributed by atoms with Crippen molar-refractivity contribution in [1.82, 2.24) is 9.97 Å². The van der Waals surface area contributed by atoms with Gasteiger partial charge in [-0.25, -0.2) is 14.8 Å². The van der Waals surface area contributed by atoms with Crippen molar-refractivity contribution in [3.05, 3.63) is 41.4 Å². The van der Waals surface area contributed by atoms with Crippen LogP contribution in [0.4, 0.5) is 5.82 Å². The zero-order valence-electron chi connectivity index (χ0n) is 11.3. The van der Waals surface area contributed by atoms with E-state index in [9.17, 15) is 4.79 Å². The minimum absolute atomic E-state index is 0.332. The number of thiophene rings is 1. The van der Waals surface area contributed by atoms with E-state index < -0.39 is 0 Å². The van der Waals surface area contributed by atoms with Crippen LogP contribution in [0.5, 0.6) is 0 Å². The smallest absolute Gasteiger partial charge is 0.339 e. The van der Waals surface area contributed by atoms with Gasteiger partial charge in [-0.3, -0.25) is 0 Å². The molecule has 3 rings (SSSR count). The predicted octanol–water partition coefficient (Wildman–Crippen LogP) is 3.07. The van der Waals surface area contributed by atoms with Gasteiger partial charge in [-0.05, 0) is 19.1 Å². The highest BCUT2D eigenvalue weighted by atomic mass is 32.1. The third-order valence-corrected chi connectivity index (χ3v) is 3.76. The summed E-state index contributed by atoms with van der Waals surface area (Å²) in [6.45, 7) is 2.59. The summed E-state index contributed by atoms with van der Waals surface area (Å²) in [4.78, 5) is 21.1. The minimum atomic E-state index is -0.361. The van der Waals surface area contributed by atoms with Crippen molar-refractivity contribution < 1.29 is 13.9 Å². The Labute approximate surface area is 124 Å². The van der Waals surface area contributed by atoms with Gasteiger partial charge in [0.15, 0.2) is 0 Å². The summed E-state index contributed by atoms with van der Waals surface area (Å²) in [5.41, 5.74) is 0.486. The van der Waals surface area contributed by atoms with Gasteiger partial charge in [0.05, 0.1) is 30.4 Å². The molecular weight excluding hydrogens is 290 g/mol. The maximum Gasteiger partial charge on any atom is 0.339 e. The van der Waals surface area contributed by atoms with Gasteiger partial charge in [0.2, 0.25) is 0 Å². The summed E-state index contributed by atoms with van der Waals surface area (Å²) in [7, 11) is 0. The number of carbonyl (C=O) groups excluding carboxylic acids is 1. The first-order valence-corrected chi connectivity index (χ1v) is 7.33. The summed E-state index contributed by atoms with van der Waals surface area (Å²) in [5.74, 6) is 1.02. The summed E-state index contributed by atoms with van der Waals surface area (Å²) in [5, 5.41) is 5.60. The number of nitrogens with zero attached hydrogens (tertiary/aromatic N) is 2. The molecular formula is C14H13N3O3S. The normalized spacial score (nSPS) is 10.7. The van der Waals surface area contributed by atoms with E-state index in [0.717, 1.165) is 10.6 Å². The predicted molar refractivity (Wildman–Crippen MR) is 79.4 cm³/mol. The van der Waals surface area contributed by atoms with Crippen LogP contribution >= 0.6 is 11.3 Å². The molecule has 7 heteroatoms. The zero-order chi connectivity index (χ0) is 14.7. The molecule has 3 aromatic rings. The largest absolute Gasteiger partial charge is 0.467 e. The highest BCUT2D eigenvalue weighted by Crippen LogP contribution is 2.30. The van der Waals surface area contributed by atoms with Gasteiger partial charge < -0.3 is 14.5 Å². The van der Waals surface area contributed by atoms with E-state index in [2.05, 4.69) is 15.3 Å². The topological polar surface area (TPSA) is 77.2 Å². The maximum absolute atomic E-state index is 12.0. The van der Waals surface area contributed by atoms with Gasteiger partial charge in [0.25, 0.3) is 0 Å². The third kappa shape index (κ3) is 2.73. The fourth-order valence-corrected chi connectivity index (χ4v) is 2.83. The lowest BCUT2D eigenvalue weighted by atomic mass is 10.2. The van der Waals surface area contributed by atoms with E-state index in [0.29, 0.717) is 29.9 Å². The number of ether oxygens (including phenoxy) is 1. The second kappa shape index (κ2) is 5.92. The number of anilines is 1. The van der Waals surface area contributed by atoms with Crippen LogP contribution in [-0.4, -0.2) is 22.5 Å². The molecule has 0 saturated heterocycles. The van der Waals surface area contributed by atoms with Crippen LogP contribution in [0.3, 0.4) is 0 Å². The van der Waals surface area contributed by atoms with Gasteiger partial charge >= 0.3 is 5.97 Å². The summed E-state index contributed by atoms with van der Waals surface area (Å²) in [6, 6.07) is 3.69. The molecule has 0 amide bonds. The average molecular weight is 303 g/mol. The molecule has 3 heterocycles. The van der Waals surface area contributed by atoms with Crippen LogP contribution in [0.2, 0.25) is 0 Å². The summed E-state index contributed by atoms with van der Waals surface area (Å²) >= 11 is 1.39. The first-order chi connectivity index (χ1) is 10.3. The van der Waals surface area contributed by atoms with E-state index in [-0.39, 0.29) is 5.97 Å². The van der Waals surface area contributed by atoms with Crippen LogP contribution < -0.4 is 5.32 Å². The molecule has 0 unspecified atom stereocenters. The number of furan rings is 1. The van der Waals surface area contributed by atoms with Crippen LogP contribution in [0.25, 0.3) is 10.2 Å². The second-order valence-corrected chi connectivity index (χ2v) is 5.06. The first-order valence-electron chi connectivity index (χ1n) is 6.45. The Morgan fingerprint density at radius 3 is 3.14 bits per heavy atom. The fourth-order valence-electron chi connectivity index (χ4n) is 1.95. The van der Waals surface area contributed by atoms with E-state index >= 15 is 0 Å². The van der Waals surface area contributed by atoms with Crippen molar-refractivity contribution in [1.29, 1.82) is 0 Å². The van der Waals surface area contributed by atoms with Gasteiger partial charge in [0, 0.05) is 5.38 Å². The highest BCUT2D eigenvalue weighted by Gasteiger charge is 2.18. The van der Waals surface area contributed by atoms with Crippen LogP contribution in [0.1, 0.15) is 23.0 Å². The molecule has 0 aliphatic heterocycles. The SMILES string of the molecule is CCOC(=O)c1csc2ncnc(NCc3ccco3)c12. The molecule has 1 N–H and O–H groups in total. The lowest BCUT2D eigenvalue weighted by Crippen LogP contribution is -2.06. The Morgan fingerprint density at radius 1 is 1.48 bits per heavy atom. The molecule has 0 bridgehead atoms. The number of fused-ring (bicyclic) bond motifs is 1. The second-order valence-electron chi connectivity index (χ2n) is 4.21. The van der Waals surface area contributed by atoms with Gasteiger partial charge in [0.1, 0.15) is 22.7 Å². The molecule has 0 atom stereocenters. The first kappa shape index (κ1) is 13.6. The molecule has 0 aliphatic carbocycles. The molecule has 0 spiro atoms. The number of hydrogen-bond donors (Lipinski definition) is 1. The quantitative estimate of drug-likeness (QED) is 0.730. The summed E-state index contributed by atoms with van der Waals surface area (Å²) < 4.78 is 10.3. The number of nitrogens with one attached hydrogen (secondary N) is 1. The molecule has 0 radical (unpaired) electrons.